The van der Waals surface area contributed by atoms with Crippen molar-refractivity contribution in [2.75, 3.05) is 17.3 Å². The van der Waals surface area contributed by atoms with Crippen LogP contribution in [0.1, 0.15) is 5.56 Å². The summed E-state index contributed by atoms with van der Waals surface area (Å²) in [6, 6.07) is 7.09. The van der Waals surface area contributed by atoms with Gasteiger partial charge in [-0.2, -0.15) is 4.52 Å². The topological polar surface area (TPSA) is 79.6 Å². The quantitative estimate of drug-likeness (QED) is 0.774. The largest absolute Gasteiger partial charge is 0.330 e. The van der Waals surface area contributed by atoms with E-state index in [9.17, 15) is 9.59 Å². The van der Waals surface area contributed by atoms with Crippen molar-refractivity contribution < 1.29 is 4.79 Å². The average molecular weight is 313 g/mol. The summed E-state index contributed by atoms with van der Waals surface area (Å²) in [5, 5.41) is 7.94. The molecule has 0 bridgehead atoms. The Morgan fingerprint density at radius 2 is 2.14 bits per heavy atom. The number of hydrogen-bond acceptors (Lipinski definition) is 6. The Bertz CT molecular complexity index is 961. The minimum absolute atomic E-state index is 0.0860. The zero-order valence-corrected chi connectivity index (χ0v) is 12.4. The van der Waals surface area contributed by atoms with Gasteiger partial charge in [0, 0.05) is 30.7 Å². The Labute approximate surface area is 128 Å². The molecule has 0 aliphatic carbocycles. The predicted molar refractivity (Wildman–Crippen MR) is 84.0 cm³/mol. The Morgan fingerprint density at radius 1 is 1.27 bits per heavy atom. The summed E-state index contributed by atoms with van der Waals surface area (Å²) in [6.45, 7) is 0. The lowest BCUT2D eigenvalue weighted by Gasteiger charge is -2.10. The highest BCUT2D eigenvalue weighted by atomic mass is 32.1. The molecule has 1 amide bonds. The lowest BCUT2D eigenvalue weighted by Crippen LogP contribution is -2.20. The highest BCUT2D eigenvalue weighted by Crippen LogP contribution is 2.31. The van der Waals surface area contributed by atoms with Crippen molar-refractivity contribution in [1.29, 1.82) is 0 Å². The number of carbonyl (C=O) groups excluding carboxylic acids is 1. The lowest BCUT2D eigenvalue weighted by atomic mass is 10.1. The van der Waals surface area contributed by atoms with Gasteiger partial charge < -0.3 is 10.2 Å². The number of anilines is 3. The van der Waals surface area contributed by atoms with E-state index in [1.54, 1.807) is 11.9 Å². The molecule has 7 nitrogen and oxygen atoms in total. The molecule has 1 aliphatic rings. The summed E-state index contributed by atoms with van der Waals surface area (Å²) in [5.41, 5.74) is 2.52. The van der Waals surface area contributed by atoms with E-state index < -0.39 is 0 Å². The summed E-state index contributed by atoms with van der Waals surface area (Å²) >= 11 is 1.29. The van der Waals surface area contributed by atoms with E-state index >= 15 is 0 Å². The van der Waals surface area contributed by atoms with Gasteiger partial charge in [0.25, 0.3) is 5.56 Å². The van der Waals surface area contributed by atoms with Crippen molar-refractivity contribution in [2.45, 2.75) is 6.42 Å². The Kier molecular flexibility index (Phi) is 2.73. The molecule has 0 unspecified atom stereocenters. The lowest BCUT2D eigenvalue weighted by molar-refractivity contribution is -0.117. The second kappa shape index (κ2) is 4.63. The molecular formula is C14H11N5O2S. The first kappa shape index (κ1) is 13.0. The third-order valence-electron chi connectivity index (χ3n) is 3.58. The van der Waals surface area contributed by atoms with E-state index in [-0.39, 0.29) is 11.5 Å². The number of nitrogens with one attached hydrogen (secondary N) is 1. The molecule has 22 heavy (non-hydrogen) atoms. The SMILES string of the molecule is CN1C(=O)Cc2cc(Nc3nn4c(=O)ccnc4s3)ccc21. The van der Waals surface area contributed by atoms with Gasteiger partial charge in [0.05, 0.1) is 6.42 Å². The van der Waals surface area contributed by atoms with Crippen LogP contribution in [0.2, 0.25) is 0 Å². The summed E-state index contributed by atoms with van der Waals surface area (Å²) in [5.74, 6) is 0.0860. The molecule has 0 saturated carbocycles. The maximum absolute atomic E-state index is 11.7. The first-order valence-corrected chi connectivity index (χ1v) is 7.45. The van der Waals surface area contributed by atoms with E-state index in [1.165, 1.54) is 28.1 Å². The predicted octanol–water partition coefficient (Wildman–Crippen LogP) is 1.41. The van der Waals surface area contributed by atoms with Gasteiger partial charge in [0.2, 0.25) is 16.0 Å². The minimum Gasteiger partial charge on any atom is -0.330 e. The molecule has 1 aliphatic heterocycles. The number of amides is 1. The highest BCUT2D eigenvalue weighted by Gasteiger charge is 2.23. The molecule has 1 aromatic carbocycles. The summed E-state index contributed by atoms with van der Waals surface area (Å²) in [7, 11) is 1.77. The molecule has 4 rings (SSSR count). The van der Waals surface area contributed by atoms with Gasteiger partial charge in [-0.1, -0.05) is 11.3 Å². The van der Waals surface area contributed by atoms with Crippen molar-refractivity contribution in [3.63, 3.8) is 0 Å². The van der Waals surface area contributed by atoms with Crippen LogP contribution in [0, 0.1) is 0 Å². The van der Waals surface area contributed by atoms with Crippen molar-refractivity contribution in [1.82, 2.24) is 14.6 Å². The van der Waals surface area contributed by atoms with E-state index in [2.05, 4.69) is 15.4 Å². The normalized spacial score (nSPS) is 13.7. The monoisotopic (exact) mass is 313 g/mol. The van der Waals surface area contributed by atoms with Crippen molar-refractivity contribution >= 4 is 38.7 Å². The fourth-order valence-electron chi connectivity index (χ4n) is 2.47. The maximum atomic E-state index is 11.7. The molecule has 0 spiro atoms. The van der Waals surface area contributed by atoms with Crippen molar-refractivity contribution in [3.8, 4) is 0 Å². The Morgan fingerprint density at radius 3 is 2.95 bits per heavy atom. The number of rotatable bonds is 2. The van der Waals surface area contributed by atoms with Crippen molar-refractivity contribution in [3.05, 3.63) is 46.4 Å². The molecule has 8 heteroatoms. The Balaban J connectivity index is 1.69. The fourth-order valence-corrected chi connectivity index (χ4v) is 3.26. The Hall–Kier alpha value is -2.74. The molecule has 3 heterocycles. The minimum atomic E-state index is -0.213. The number of likely N-dealkylation sites (N-methyl/N-ethyl adjacent to an activating group) is 1. The van der Waals surface area contributed by atoms with Gasteiger partial charge in [-0.3, -0.25) is 9.59 Å². The highest BCUT2D eigenvalue weighted by molar-refractivity contribution is 7.20. The van der Waals surface area contributed by atoms with Crippen LogP contribution in [0.3, 0.4) is 0 Å². The molecule has 2 aromatic heterocycles. The van der Waals surface area contributed by atoms with Crippen LogP contribution in [0.5, 0.6) is 0 Å². The van der Waals surface area contributed by atoms with Crippen LogP contribution in [-0.4, -0.2) is 27.6 Å². The number of aromatic nitrogens is 3. The van der Waals surface area contributed by atoms with E-state index in [4.69, 9.17) is 0 Å². The summed E-state index contributed by atoms with van der Waals surface area (Å²) < 4.78 is 1.26. The molecule has 0 fully saturated rings. The van der Waals surface area contributed by atoms with Gasteiger partial charge in [-0.25, -0.2) is 4.98 Å². The number of nitrogens with zero attached hydrogens (tertiary/aromatic N) is 4. The van der Waals surface area contributed by atoms with Gasteiger partial charge in [0.1, 0.15) is 0 Å². The molecule has 0 radical (unpaired) electrons. The van der Waals surface area contributed by atoms with Crippen LogP contribution < -0.4 is 15.8 Å². The van der Waals surface area contributed by atoms with E-state index in [0.717, 1.165) is 16.9 Å². The molecule has 110 valence electrons. The third-order valence-corrected chi connectivity index (χ3v) is 4.42. The molecule has 3 aromatic rings. The molecular weight excluding hydrogens is 302 g/mol. The first-order chi connectivity index (χ1) is 10.6. The van der Waals surface area contributed by atoms with Gasteiger partial charge >= 0.3 is 0 Å². The van der Waals surface area contributed by atoms with Crippen LogP contribution in [0.15, 0.2) is 35.3 Å². The van der Waals surface area contributed by atoms with Crippen LogP contribution in [0.25, 0.3) is 4.96 Å². The maximum Gasteiger partial charge on any atom is 0.275 e. The zero-order valence-electron chi connectivity index (χ0n) is 11.6. The average Bonchev–Trinajstić information content (AvgIpc) is 3.02. The fraction of sp³-hybridized carbons (Fsp3) is 0.143. The van der Waals surface area contributed by atoms with Crippen LogP contribution in [0.4, 0.5) is 16.5 Å². The third kappa shape index (κ3) is 1.96. The summed E-state index contributed by atoms with van der Waals surface area (Å²) in [4.78, 5) is 29.7. The van der Waals surface area contributed by atoms with Gasteiger partial charge in [-0.15, -0.1) is 5.10 Å². The molecule has 0 saturated heterocycles. The number of fused-ring (bicyclic) bond motifs is 2. The number of benzene rings is 1. The molecule has 0 atom stereocenters. The first-order valence-electron chi connectivity index (χ1n) is 6.63. The number of hydrogen-bond donors (Lipinski definition) is 1. The molecule has 1 N–H and O–H groups in total. The van der Waals surface area contributed by atoms with Gasteiger partial charge in [-0.05, 0) is 23.8 Å². The smallest absolute Gasteiger partial charge is 0.275 e. The van der Waals surface area contributed by atoms with Crippen molar-refractivity contribution in [2.24, 2.45) is 0 Å². The second-order valence-electron chi connectivity index (χ2n) is 4.98. The standard InChI is InChI=1S/C14H11N5O2S/c1-18-10-3-2-9(6-8(10)7-12(18)21)16-13-17-19-11(20)4-5-15-14(19)22-13/h2-6H,7H2,1H3,(H,16,17). The van der Waals surface area contributed by atoms with E-state index in [1.807, 2.05) is 18.2 Å². The van der Waals surface area contributed by atoms with Gasteiger partial charge in [0.15, 0.2) is 0 Å². The van der Waals surface area contributed by atoms with E-state index in [0.29, 0.717) is 16.5 Å². The van der Waals surface area contributed by atoms with Crippen LogP contribution in [-0.2, 0) is 11.2 Å². The van der Waals surface area contributed by atoms with Crippen LogP contribution >= 0.6 is 11.3 Å². The second-order valence-corrected chi connectivity index (χ2v) is 5.94. The zero-order chi connectivity index (χ0) is 15.3. The summed E-state index contributed by atoms with van der Waals surface area (Å²) in [6.07, 6.45) is 1.87. The number of carbonyl (C=O) groups is 1.